The number of halogens is 1. The largest absolute Gasteiger partial charge is 0.492 e. The average Bonchev–Trinajstić information content (AvgIpc) is 2.53. The summed E-state index contributed by atoms with van der Waals surface area (Å²) in [4.78, 5) is 14.1. The zero-order valence-electron chi connectivity index (χ0n) is 13.1. The number of hydrogen-bond acceptors (Lipinski definition) is 3. The van der Waals surface area contributed by atoms with Crippen molar-refractivity contribution in [3.8, 4) is 11.5 Å². The van der Waals surface area contributed by atoms with Crippen LogP contribution in [0, 0.1) is 6.92 Å². The number of rotatable bonds is 4. The molecule has 1 atom stereocenters. The third-order valence-electron chi connectivity index (χ3n) is 3.73. The molecule has 1 aliphatic heterocycles. The Labute approximate surface area is 140 Å². The van der Waals surface area contributed by atoms with E-state index < -0.39 is 6.10 Å². The van der Waals surface area contributed by atoms with Gasteiger partial charge in [0.25, 0.3) is 5.91 Å². The topological polar surface area (TPSA) is 38.8 Å². The summed E-state index contributed by atoms with van der Waals surface area (Å²) in [6, 6.07) is 13.1. The zero-order valence-corrected chi connectivity index (χ0v) is 13.8. The number of ether oxygens (including phenoxy) is 2. The van der Waals surface area contributed by atoms with Crippen LogP contribution >= 0.6 is 11.6 Å². The van der Waals surface area contributed by atoms with E-state index in [0.29, 0.717) is 29.6 Å². The average molecular weight is 332 g/mol. The van der Waals surface area contributed by atoms with Crippen molar-refractivity contribution in [3.05, 3.63) is 53.1 Å². The SMILES string of the molecule is Cc1ccc(OCCN2C(=O)C(C)Oc3ccc(Cl)cc32)cc1. The highest BCUT2D eigenvalue weighted by atomic mass is 35.5. The summed E-state index contributed by atoms with van der Waals surface area (Å²) in [6.45, 7) is 4.60. The molecular formula is C18H18ClNO3. The monoisotopic (exact) mass is 331 g/mol. The minimum absolute atomic E-state index is 0.0905. The highest BCUT2D eigenvalue weighted by Crippen LogP contribution is 2.36. The molecule has 0 bridgehead atoms. The third kappa shape index (κ3) is 3.42. The van der Waals surface area contributed by atoms with Crippen LogP contribution < -0.4 is 14.4 Å². The molecule has 0 aromatic heterocycles. The normalized spacial score (nSPS) is 16.7. The van der Waals surface area contributed by atoms with Gasteiger partial charge in [0.15, 0.2) is 6.10 Å². The van der Waals surface area contributed by atoms with E-state index in [-0.39, 0.29) is 5.91 Å². The first-order valence-electron chi connectivity index (χ1n) is 7.51. The van der Waals surface area contributed by atoms with E-state index in [0.717, 1.165) is 5.75 Å². The highest BCUT2D eigenvalue weighted by molar-refractivity contribution is 6.31. The summed E-state index contributed by atoms with van der Waals surface area (Å²) in [5.41, 5.74) is 1.87. The van der Waals surface area contributed by atoms with Crippen molar-refractivity contribution in [2.24, 2.45) is 0 Å². The van der Waals surface area contributed by atoms with Gasteiger partial charge >= 0.3 is 0 Å². The quantitative estimate of drug-likeness (QED) is 0.854. The lowest BCUT2D eigenvalue weighted by molar-refractivity contribution is -0.125. The van der Waals surface area contributed by atoms with Gasteiger partial charge in [-0.2, -0.15) is 0 Å². The molecule has 5 heteroatoms. The molecule has 3 rings (SSSR count). The Morgan fingerprint density at radius 1 is 1.22 bits per heavy atom. The smallest absolute Gasteiger partial charge is 0.267 e. The number of carbonyl (C=O) groups is 1. The summed E-state index contributed by atoms with van der Waals surface area (Å²) in [7, 11) is 0. The molecule has 0 N–H and O–H groups in total. The lowest BCUT2D eigenvalue weighted by Gasteiger charge is -2.33. The minimum atomic E-state index is -0.511. The van der Waals surface area contributed by atoms with Crippen molar-refractivity contribution in [2.75, 3.05) is 18.1 Å². The maximum atomic E-state index is 12.4. The van der Waals surface area contributed by atoms with E-state index in [1.54, 1.807) is 30.0 Å². The number of amides is 1. The Bertz CT molecular complexity index is 715. The van der Waals surface area contributed by atoms with Crippen molar-refractivity contribution in [2.45, 2.75) is 20.0 Å². The van der Waals surface area contributed by atoms with Gasteiger partial charge in [0.2, 0.25) is 0 Å². The number of aryl methyl sites for hydroxylation is 1. The maximum Gasteiger partial charge on any atom is 0.267 e. The molecule has 2 aromatic rings. The molecular weight excluding hydrogens is 314 g/mol. The molecule has 0 fully saturated rings. The van der Waals surface area contributed by atoms with Gasteiger partial charge in [-0.05, 0) is 44.2 Å². The molecule has 0 saturated carbocycles. The van der Waals surface area contributed by atoms with Crippen molar-refractivity contribution < 1.29 is 14.3 Å². The first-order chi connectivity index (χ1) is 11.0. The summed E-state index contributed by atoms with van der Waals surface area (Å²) in [5, 5.41) is 0.569. The second-order valence-electron chi connectivity index (χ2n) is 5.52. The van der Waals surface area contributed by atoms with Crippen LogP contribution in [0.25, 0.3) is 0 Å². The van der Waals surface area contributed by atoms with Crippen LogP contribution in [0.1, 0.15) is 12.5 Å². The first kappa shape index (κ1) is 15.7. The first-order valence-corrected chi connectivity index (χ1v) is 7.89. The lowest BCUT2D eigenvalue weighted by atomic mass is 10.2. The predicted octanol–water partition coefficient (Wildman–Crippen LogP) is 3.84. The summed E-state index contributed by atoms with van der Waals surface area (Å²) in [5.74, 6) is 1.36. The van der Waals surface area contributed by atoms with E-state index in [1.807, 2.05) is 31.2 Å². The summed E-state index contributed by atoms with van der Waals surface area (Å²) < 4.78 is 11.3. The van der Waals surface area contributed by atoms with Gasteiger partial charge in [0.05, 0.1) is 12.2 Å². The van der Waals surface area contributed by atoms with Crippen LogP contribution in [0.15, 0.2) is 42.5 Å². The van der Waals surface area contributed by atoms with Gasteiger partial charge in [0.1, 0.15) is 18.1 Å². The maximum absolute atomic E-state index is 12.4. The predicted molar refractivity (Wildman–Crippen MR) is 90.6 cm³/mol. The van der Waals surface area contributed by atoms with Gasteiger partial charge in [-0.15, -0.1) is 0 Å². The highest BCUT2D eigenvalue weighted by Gasteiger charge is 2.31. The number of fused-ring (bicyclic) bond motifs is 1. The summed E-state index contributed by atoms with van der Waals surface area (Å²) in [6.07, 6.45) is -0.511. The molecule has 1 heterocycles. The van der Waals surface area contributed by atoms with Crippen LogP contribution in [0.3, 0.4) is 0 Å². The standard InChI is InChI=1S/C18H18ClNO3/c1-12-3-6-15(7-4-12)22-10-9-20-16-11-14(19)5-8-17(16)23-13(2)18(20)21/h3-8,11,13H,9-10H2,1-2H3. The fourth-order valence-electron chi connectivity index (χ4n) is 2.50. The Hall–Kier alpha value is -2.20. The second kappa shape index (κ2) is 6.50. The zero-order chi connectivity index (χ0) is 16.4. The van der Waals surface area contributed by atoms with Gasteiger partial charge in [0, 0.05) is 5.02 Å². The van der Waals surface area contributed by atoms with E-state index in [1.165, 1.54) is 5.56 Å². The third-order valence-corrected chi connectivity index (χ3v) is 3.97. The molecule has 0 saturated heterocycles. The van der Waals surface area contributed by atoms with Crippen LogP contribution in [-0.2, 0) is 4.79 Å². The molecule has 1 unspecified atom stereocenters. The number of nitrogens with zero attached hydrogens (tertiary/aromatic N) is 1. The molecule has 0 radical (unpaired) electrons. The Balaban J connectivity index is 1.72. The number of carbonyl (C=O) groups excluding carboxylic acids is 1. The Kier molecular flexibility index (Phi) is 4.44. The minimum Gasteiger partial charge on any atom is -0.492 e. The van der Waals surface area contributed by atoms with Crippen molar-refractivity contribution in [3.63, 3.8) is 0 Å². The lowest BCUT2D eigenvalue weighted by Crippen LogP contribution is -2.46. The van der Waals surface area contributed by atoms with Crippen molar-refractivity contribution >= 4 is 23.2 Å². The fourth-order valence-corrected chi connectivity index (χ4v) is 2.67. The van der Waals surface area contributed by atoms with Crippen LogP contribution in [-0.4, -0.2) is 25.2 Å². The Morgan fingerprint density at radius 2 is 1.96 bits per heavy atom. The van der Waals surface area contributed by atoms with E-state index >= 15 is 0 Å². The van der Waals surface area contributed by atoms with E-state index in [4.69, 9.17) is 21.1 Å². The molecule has 120 valence electrons. The van der Waals surface area contributed by atoms with Crippen LogP contribution in [0.2, 0.25) is 5.02 Å². The van der Waals surface area contributed by atoms with E-state index in [2.05, 4.69) is 0 Å². The molecule has 0 spiro atoms. The molecule has 1 aliphatic rings. The second-order valence-corrected chi connectivity index (χ2v) is 5.96. The van der Waals surface area contributed by atoms with Gasteiger partial charge in [-0.1, -0.05) is 29.3 Å². The molecule has 0 aliphatic carbocycles. The molecule has 4 nitrogen and oxygen atoms in total. The Morgan fingerprint density at radius 3 is 2.70 bits per heavy atom. The van der Waals surface area contributed by atoms with Crippen LogP contribution in [0.5, 0.6) is 11.5 Å². The fraction of sp³-hybridized carbons (Fsp3) is 0.278. The van der Waals surface area contributed by atoms with Gasteiger partial charge in [-0.25, -0.2) is 0 Å². The molecule has 23 heavy (non-hydrogen) atoms. The van der Waals surface area contributed by atoms with Gasteiger partial charge in [-0.3, -0.25) is 4.79 Å². The number of hydrogen-bond donors (Lipinski definition) is 0. The van der Waals surface area contributed by atoms with Crippen LogP contribution in [0.4, 0.5) is 5.69 Å². The number of anilines is 1. The number of benzene rings is 2. The summed E-state index contributed by atoms with van der Waals surface area (Å²) >= 11 is 6.05. The van der Waals surface area contributed by atoms with Crippen molar-refractivity contribution in [1.29, 1.82) is 0 Å². The van der Waals surface area contributed by atoms with Gasteiger partial charge < -0.3 is 14.4 Å². The van der Waals surface area contributed by atoms with Crippen molar-refractivity contribution in [1.82, 2.24) is 0 Å². The molecule has 1 amide bonds. The molecule has 2 aromatic carbocycles. The van der Waals surface area contributed by atoms with E-state index in [9.17, 15) is 4.79 Å².